The molecule has 6 heteroatoms. The van der Waals surface area contributed by atoms with Gasteiger partial charge in [-0.05, 0) is 57.7 Å². The predicted molar refractivity (Wildman–Crippen MR) is 117 cm³/mol. The zero-order valence-corrected chi connectivity index (χ0v) is 18.3. The van der Waals surface area contributed by atoms with Crippen LogP contribution in [0, 0.1) is 26.6 Å². The van der Waals surface area contributed by atoms with Crippen LogP contribution >= 0.6 is 11.3 Å². The largest absolute Gasteiger partial charge is 0.241 e. The second-order valence-corrected chi connectivity index (χ2v) is 8.45. The molecule has 0 spiro atoms. The van der Waals surface area contributed by atoms with Crippen LogP contribution in [0.25, 0.3) is 26.8 Å². The zero-order chi connectivity index (χ0) is 20.7. The first-order valence-corrected chi connectivity index (χ1v) is 10.9. The molecule has 0 bridgehead atoms. The lowest BCUT2D eigenvalue weighted by Gasteiger charge is -2.14. The maximum atomic E-state index is 14.3. The number of fused-ring (bicyclic) bond motifs is 1. The third kappa shape index (κ3) is 3.35. The first-order chi connectivity index (χ1) is 13.9. The molecular formula is C23H25FN4S. The Morgan fingerprint density at radius 2 is 1.76 bits per heavy atom. The quantitative estimate of drug-likeness (QED) is 0.379. The van der Waals surface area contributed by atoms with Gasteiger partial charge in [0.1, 0.15) is 16.5 Å². The molecule has 0 saturated heterocycles. The molecule has 0 radical (unpaired) electrons. The zero-order valence-electron chi connectivity index (χ0n) is 17.5. The number of halogens is 1. The van der Waals surface area contributed by atoms with Gasteiger partial charge in [-0.1, -0.05) is 26.0 Å². The molecule has 29 heavy (non-hydrogen) atoms. The van der Waals surface area contributed by atoms with Crippen molar-refractivity contribution >= 4 is 17.0 Å². The number of nitrogens with zero attached hydrogens (tertiary/aromatic N) is 4. The average Bonchev–Trinajstić information content (AvgIpc) is 3.22. The van der Waals surface area contributed by atoms with Gasteiger partial charge in [-0.25, -0.2) is 18.9 Å². The van der Waals surface area contributed by atoms with Crippen LogP contribution in [0.1, 0.15) is 55.3 Å². The lowest BCUT2D eigenvalue weighted by molar-refractivity contribution is 0.631. The fourth-order valence-electron chi connectivity index (χ4n) is 3.93. The Labute approximate surface area is 174 Å². The summed E-state index contributed by atoms with van der Waals surface area (Å²) >= 11 is 1.49. The van der Waals surface area contributed by atoms with E-state index in [1.807, 2.05) is 31.4 Å². The van der Waals surface area contributed by atoms with Crippen molar-refractivity contribution in [1.29, 1.82) is 0 Å². The molecule has 0 atom stereocenters. The SMILES string of the molecule is CCC(CC)c1cc(C)nn2c(-c3sc(-c4ccccc4F)nc3C)c(C)nc12. The molecule has 0 aliphatic heterocycles. The molecule has 4 aromatic rings. The molecule has 3 heterocycles. The van der Waals surface area contributed by atoms with E-state index >= 15 is 0 Å². The lowest BCUT2D eigenvalue weighted by Crippen LogP contribution is -2.05. The highest BCUT2D eigenvalue weighted by Gasteiger charge is 2.23. The molecule has 0 fully saturated rings. The summed E-state index contributed by atoms with van der Waals surface area (Å²) < 4.78 is 16.3. The van der Waals surface area contributed by atoms with E-state index < -0.39 is 0 Å². The van der Waals surface area contributed by atoms with Crippen LogP contribution in [0.3, 0.4) is 0 Å². The minimum absolute atomic E-state index is 0.257. The molecule has 3 aromatic heterocycles. The van der Waals surface area contributed by atoms with Crippen molar-refractivity contribution in [3.05, 3.63) is 58.8 Å². The number of hydrogen-bond acceptors (Lipinski definition) is 4. The summed E-state index contributed by atoms with van der Waals surface area (Å²) in [5.41, 5.74) is 6.39. The Balaban J connectivity index is 1.94. The Kier molecular flexibility index (Phi) is 5.21. The summed E-state index contributed by atoms with van der Waals surface area (Å²) in [4.78, 5) is 10.5. The van der Waals surface area contributed by atoms with E-state index in [9.17, 15) is 4.39 Å². The fourth-order valence-corrected chi connectivity index (χ4v) is 5.11. The van der Waals surface area contributed by atoms with Crippen molar-refractivity contribution < 1.29 is 4.39 Å². The number of aromatic nitrogens is 4. The Bertz CT molecular complexity index is 1190. The van der Waals surface area contributed by atoms with Gasteiger partial charge in [0.15, 0.2) is 5.65 Å². The second kappa shape index (κ2) is 7.67. The topological polar surface area (TPSA) is 43.1 Å². The molecule has 150 valence electrons. The minimum atomic E-state index is -0.257. The second-order valence-electron chi connectivity index (χ2n) is 7.45. The Morgan fingerprint density at radius 1 is 1.03 bits per heavy atom. The molecule has 0 aliphatic rings. The van der Waals surface area contributed by atoms with Gasteiger partial charge in [0.2, 0.25) is 0 Å². The van der Waals surface area contributed by atoms with Gasteiger partial charge < -0.3 is 0 Å². The normalized spacial score (nSPS) is 11.7. The van der Waals surface area contributed by atoms with E-state index in [0.717, 1.165) is 46.1 Å². The van der Waals surface area contributed by atoms with Crippen LogP contribution in [-0.2, 0) is 0 Å². The average molecular weight is 409 g/mol. The van der Waals surface area contributed by atoms with Crippen LogP contribution in [0.15, 0.2) is 30.3 Å². The van der Waals surface area contributed by atoms with Gasteiger partial charge >= 0.3 is 0 Å². The monoisotopic (exact) mass is 408 g/mol. The number of rotatable bonds is 5. The highest BCUT2D eigenvalue weighted by atomic mass is 32.1. The van der Waals surface area contributed by atoms with Gasteiger partial charge in [-0.2, -0.15) is 5.10 Å². The van der Waals surface area contributed by atoms with Crippen molar-refractivity contribution in [2.75, 3.05) is 0 Å². The van der Waals surface area contributed by atoms with Gasteiger partial charge in [0.25, 0.3) is 0 Å². The summed E-state index contributed by atoms with van der Waals surface area (Å²) in [6, 6.07) is 8.93. The molecular weight excluding hydrogens is 383 g/mol. The minimum Gasteiger partial charge on any atom is -0.241 e. The van der Waals surface area contributed by atoms with E-state index in [1.165, 1.54) is 23.0 Å². The number of hydrogen-bond donors (Lipinski definition) is 0. The molecule has 1 aromatic carbocycles. The Hall–Kier alpha value is -2.60. The number of aryl methyl sites for hydroxylation is 3. The van der Waals surface area contributed by atoms with E-state index in [2.05, 4.69) is 24.9 Å². The molecule has 0 unspecified atom stereocenters. The first-order valence-electron chi connectivity index (χ1n) is 10.0. The van der Waals surface area contributed by atoms with Crippen molar-refractivity contribution in [3.63, 3.8) is 0 Å². The van der Waals surface area contributed by atoms with E-state index in [4.69, 9.17) is 10.1 Å². The van der Waals surface area contributed by atoms with E-state index in [-0.39, 0.29) is 5.82 Å². The van der Waals surface area contributed by atoms with E-state index in [0.29, 0.717) is 16.5 Å². The summed E-state index contributed by atoms with van der Waals surface area (Å²) in [6.45, 7) is 10.4. The van der Waals surface area contributed by atoms with E-state index in [1.54, 1.807) is 12.1 Å². The summed E-state index contributed by atoms with van der Waals surface area (Å²) in [7, 11) is 0. The van der Waals surface area contributed by atoms with Crippen LogP contribution in [-0.4, -0.2) is 19.6 Å². The summed E-state index contributed by atoms with van der Waals surface area (Å²) in [5, 5.41) is 5.46. The number of imidazole rings is 1. The molecule has 4 nitrogen and oxygen atoms in total. The number of benzene rings is 1. The van der Waals surface area contributed by atoms with Crippen molar-refractivity contribution in [2.24, 2.45) is 0 Å². The van der Waals surface area contributed by atoms with Gasteiger partial charge in [0, 0.05) is 11.1 Å². The van der Waals surface area contributed by atoms with Crippen LogP contribution in [0.2, 0.25) is 0 Å². The maximum Gasteiger partial charge on any atom is 0.158 e. The highest BCUT2D eigenvalue weighted by Crippen LogP contribution is 2.38. The fraction of sp³-hybridized carbons (Fsp3) is 0.348. The van der Waals surface area contributed by atoms with Crippen LogP contribution < -0.4 is 0 Å². The van der Waals surface area contributed by atoms with Crippen molar-refractivity contribution in [3.8, 4) is 21.1 Å². The third-order valence-electron chi connectivity index (χ3n) is 5.45. The summed E-state index contributed by atoms with van der Waals surface area (Å²) in [5.74, 6) is 0.193. The Morgan fingerprint density at radius 3 is 2.45 bits per heavy atom. The van der Waals surface area contributed by atoms with Crippen molar-refractivity contribution in [1.82, 2.24) is 19.6 Å². The molecule has 0 saturated carbocycles. The molecule has 0 amide bonds. The first kappa shape index (κ1) is 19.7. The van der Waals surface area contributed by atoms with Crippen LogP contribution in [0.5, 0.6) is 0 Å². The van der Waals surface area contributed by atoms with Gasteiger partial charge in [-0.3, -0.25) is 0 Å². The standard InChI is InChI=1S/C23H25FN4S/c1-6-16(7-2)18-12-13(3)27-28-20(14(4)25-22(18)28)21-15(5)26-23(29-21)17-10-8-9-11-19(17)24/h8-12,16H,6-7H2,1-5H3. The van der Waals surface area contributed by atoms with Gasteiger partial charge in [0.05, 0.1) is 22.0 Å². The van der Waals surface area contributed by atoms with Crippen molar-refractivity contribution in [2.45, 2.75) is 53.4 Å². The predicted octanol–water partition coefficient (Wildman–Crippen LogP) is 6.49. The van der Waals surface area contributed by atoms with Crippen LogP contribution in [0.4, 0.5) is 4.39 Å². The molecule has 0 N–H and O–H groups in total. The molecule has 0 aliphatic carbocycles. The number of thiazole rings is 1. The smallest absolute Gasteiger partial charge is 0.158 e. The molecule has 4 rings (SSSR count). The van der Waals surface area contributed by atoms with Gasteiger partial charge in [-0.15, -0.1) is 11.3 Å². The highest BCUT2D eigenvalue weighted by molar-refractivity contribution is 7.18. The third-order valence-corrected chi connectivity index (χ3v) is 6.65. The lowest BCUT2D eigenvalue weighted by atomic mass is 9.95. The summed E-state index contributed by atoms with van der Waals surface area (Å²) in [6.07, 6.45) is 2.13. The maximum absolute atomic E-state index is 14.3.